The number of nitrogens with one attached hydrogen (secondary N) is 1. The molecule has 0 saturated carbocycles. The van der Waals surface area contributed by atoms with Crippen LogP contribution in [0.4, 0.5) is 0 Å². The molecule has 1 N–H and O–H groups in total. The molecule has 1 heterocycles. The number of benzene rings is 1. The maximum Gasteiger partial charge on any atom is 0.240 e. The fourth-order valence-corrected chi connectivity index (χ4v) is 4.26. The van der Waals surface area contributed by atoms with Crippen LogP contribution in [0.15, 0.2) is 33.6 Å². The van der Waals surface area contributed by atoms with Crippen molar-refractivity contribution in [2.75, 3.05) is 32.8 Å². The number of rotatable bonds is 6. The van der Waals surface area contributed by atoms with Gasteiger partial charge in [-0.15, -0.1) is 0 Å². The summed E-state index contributed by atoms with van der Waals surface area (Å²) in [5, 5.41) is 0. The molecular formula is C15H23BrN2O3S. The van der Waals surface area contributed by atoms with Crippen LogP contribution in [0, 0.1) is 5.92 Å². The second kappa shape index (κ2) is 7.88. The zero-order valence-corrected chi connectivity index (χ0v) is 15.4. The Kier molecular flexibility index (Phi) is 6.40. The van der Waals surface area contributed by atoms with E-state index in [-0.39, 0.29) is 10.9 Å². The highest BCUT2D eigenvalue weighted by Crippen LogP contribution is 2.17. The van der Waals surface area contributed by atoms with Gasteiger partial charge in [0.25, 0.3) is 0 Å². The number of hydrogen-bond donors (Lipinski definition) is 1. The molecular weight excluding hydrogens is 368 g/mol. The number of nitrogens with zero attached hydrogens (tertiary/aromatic N) is 1. The highest BCUT2D eigenvalue weighted by molar-refractivity contribution is 9.10. The maximum atomic E-state index is 12.4. The van der Waals surface area contributed by atoms with E-state index in [0.29, 0.717) is 25.7 Å². The lowest BCUT2D eigenvalue weighted by Gasteiger charge is -2.36. The predicted molar refractivity (Wildman–Crippen MR) is 90.3 cm³/mol. The Labute approximate surface area is 141 Å². The van der Waals surface area contributed by atoms with Gasteiger partial charge in [-0.2, -0.15) is 0 Å². The van der Waals surface area contributed by atoms with Crippen molar-refractivity contribution < 1.29 is 13.2 Å². The first-order valence-corrected chi connectivity index (χ1v) is 9.75. The van der Waals surface area contributed by atoms with Crippen molar-refractivity contribution in [2.45, 2.75) is 24.8 Å². The Morgan fingerprint density at radius 2 is 2.00 bits per heavy atom. The largest absolute Gasteiger partial charge is 0.379 e. The van der Waals surface area contributed by atoms with Crippen LogP contribution < -0.4 is 4.72 Å². The molecule has 1 aliphatic rings. The molecule has 0 spiro atoms. The Bertz CT molecular complexity index is 586. The fourth-order valence-electron chi connectivity index (χ4n) is 2.61. The first kappa shape index (κ1) is 17.9. The summed E-state index contributed by atoms with van der Waals surface area (Å²) in [7, 11) is -3.49. The summed E-state index contributed by atoms with van der Waals surface area (Å²) in [6.45, 7) is 7.76. The topological polar surface area (TPSA) is 58.6 Å². The SMILES string of the molecule is CC(C)C(CNS(=O)(=O)c1cccc(Br)c1)N1CCOCC1. The van der Waals surface area contributed by atoms with Crippen LogP contribution in [0.3, 0.4) is 0 Å². The molecule has 0 amide bonds. The van der Waals surface area contributed by atoms with Crippen molar-refractivity contribution in [3.8, 4) is 0 Å². The average molecular weight is 391 g/mol. The molecule has 22 heavy (non-hydrogen) atoms. The number of morpholine rings is 1. The average Bonchev–Trinajstić information content (AvgIpc) is 2.48. The summed E-state index contributed by atoms with van der Waals surface area (Å²) in [4.78, 5) is 2.59. The van der Waals surface area contributed by atoms with E-state index in [1.165, 1.54) is 0 Å². The quantitative estimate of drug-likeness (QED) is 0.807. The number of ether oxygens (including phenoxy) is 1. The summed E-state index contributed by atoms with van der Waals surface area (Å²) in [5.41, 5.74) is 0. The number of hydrogen-bond acceptors (Lipinski definition) is 4. The molecule has 0 bridgehead atoms. The Hall–Kier alpha value is -0.470. The molecule has 2 rings (SSSR count). The molecule has 1 aromatic rings. The first-order chi connectivity index (χ1) is 10.4. The van der Waals surface area contributed by atoms with E-state index in [4.69, 9.17) is 4.74 Å². The summed E-state index contributed by atoms with van der Waals surface area (Å²) in [5.74, 6) is 0.364. The van der Waals surface area contributed by atoms with Crippen LogP contribution in [-0.2, 0) is 14.8 Å². The van der Waals surface area contributed by atoms with Gasteiger partial charge >= 0.3 is 0 Å². The van der Waals surface area contributed by atoms with Gasteiger partial charge in [-0.25, -0.2) is 13.1 Å². The van der Waals surface area contributed by atoms with Crippen LogP contribution in [-0.4, -0.2) is 52.2 Å². The zero-order valence-electron chi connectivity index (χ0n) is 13.0. The third-order valence-electron chi connectivity index (χ3n) is 3.87. The summed E-state index contributed by atoms with van der Waals surface area (Å²) >= 11 is 3.31. The second-order valence-electron chi connectivity index (χ2n) is 5.77. The van der Waals surface area contributed by atoms with Crippen LogP contribution >= 0.6 is 15.9 Å². The van der Waals surface area contributed by atoms with E-state index in [2.05, 4.69) is 39.4 Å². The van der Waals surface area contributed by atoms with Gasteiger partial charge in [-0.1, -0.05) is 35.8 Å². The molecule has 1 aliphatic heterocycles. The van der Waals surface area contributed by atoms with Crippen molar-refractivity contribution in [3.63, 3.8) is 0 Å². The smallest absolute Gasteiger partial charge is 0.240 e. The van der Waals surface area contributed by atoms with Gasteiger partial charge in [0.2, 0.25) is 10.0 Å². The van der Waals surface area contributed by atoms with Crippen LogP contribution in [0.5, 0.6) is 0 Å². The molecule has 124 valence electrons. The summed E-state index contributed by atoms with van der Waals surface area (Å²) in [6, 6.07) is 6.92. The minimum atomic E-state index is -3.49. The highest BCUT2D eigenvalue weighted by atomic mass is 79.9. The monoisotopic (exact) mass is 390 g/mol. The molecule has 0 aromatic heterocycles. The highest BCUT2D eigenvalue weighted by Gasteiger charge is 2.25. The second-order valence-corrected chi connectivity index (χ2v) is 8.45. The van der Waals surface area contributed by atoms with Gasteiger partial charge in [0.1, 0.15) is 0 Å². The van der Waals surface area contributed by atoms with E-state index >= 15 is 0 Å². The lowest BCUT2D eigenvalue weighted by molar-refractivity contribution is 0.00776. The minimum Gasteiger partial charge on any atom is -0.379 e. The van der Waals surface area contributed by atoms with E-state index in [1.807, 2.05) is 6.07 Å². The van der Waals surface area contributed by atoms with Gasteiger partial charge in [0, 0.05) is 30.1 Å². The van der Waals surface area contributed by atoms with Crippen molar-refractivity contribution in [1.82, 2.24) is 9.62 Å². The Balaban J connectivity index is 2.05. The summed E-state index contributed by atoms with van der Waals surface area (Å²) < 4.78 is 33.7. The fraction of sp³-hybridized carbons (Fsp3) is 0.600. The van der Waals surface area contributed by atoms with E-state index in [9.17, 15) is 8.42 Å². The molecule has 7 heteroatoms. The predicted octanol–water partition coefficient (Wildman–Crippen LogP) is 2.08. The first-order valence-electron chi connectivity index (χ1n) is 7.47. The van der Waals surface area contributed by atoms with Crippen LogP contribution in [0.1, 0.15) is 13.8 Å². The van der Waals surface area contributed by atoms with Crippen LogP contribution in [0.2, 0.25) is 0 Å². The normalized spacial score (nSPS) is 18.5. The van der Waals surface area contributed by atoms with Crippen molar-refractivity contribution >= 4 is 26.0 Å². The summed E-state index contributed by atoms with van der Waals surface area (Å²) in [6.07, 6.45) is 0. The zero-order chi connectivity index (χ0) is 16.2. The standard InChI is InChI=1S/C15H23BrN2O3S/c1-12(2)15(18-6-8-21-9-7-18)11-17-22(19,20)14-5-3-4-13(16)10-14/h3-5,10,12,15,17H,6-9,11H2,1-2H3. The molecule has 1 aromatic carbocycles. The Morgan fingerprint density at radius 3 is 2.59 bits per heavy atom. The van der Waals surface area contributed by atoms with Crippen LogP contribution in [0.25, 0.3) is 0 Å². The molecule has 1 fully saturated rings. The van der Waals surface area contributed by atoms with E-state index in [1.54, 1.807) is 18.2 Å². The minimum absolute atomic E-state index is 0.172. The third kappa shape index (κ3) is 4.76. The maximum absolute atomic E-state index is 12.4. The van der Waals surface area contributed by atoms with Crippen molar-refractivity contribution in [1.29, 1.82) is 0 Å². The third-order valence-corrected chi connectivity index (χ3v) is 5.79. The molecule has 0 radical (unpaired) electrons. The molecule has 1 atom stereocenters. The molecule has 1 unspecified atom stereocenters. The van der Waals surface area contributed by atoms with Gasteiger partial charge in [-0.3, -0.25) is 4.90 Å². The number of sulfonamides is 1. The van der Waals surface area contributed by atoms with E-state index < -0.39 is 10.0 Å². The van der Waals surface area contributed by atoms with Gasteiger partial charge < -0.3 is 4.74 Å². The van der Waals surface area contributed by atoms with Gasteiger partial charge in [0.05, 0.1) is 18.1 Å². The molecule has 5 nitrogen and oxygen atoms in total. The Morgan fingerprint density at radius 1 is 1.32 bits per heavy atom. The molecule has 0 aliphatic carbocycles. The van der Waals surface area contributed by atoms with E-state index in [0.717, 1.165) is 17.6 Å². The molecule has 1 saturated heterocycles. The van der Waals surface area contributed by atoms with Crippen molar-refractivity contribution in [3.05, 3.63) is 28.7 Å². The van der Waals surface area contributed by atoms with Gasteiger partial charge in [-0.05, 0) is 24.1 Å². The lowest BCUT2D eigenvalue weighted by Crippen LogP contribution is -2.51. The van der Waals surface area contributed by atoms with Gasteiger partial charge in [0.15, 0.2) is 0 Å². The van der Waals surface area contributed by atoms with Crippen molar-refractivity contribution in [2.24, 2.45) is 5.92 Å². The number of halogens is 1. The lowest BCUT2D eigenvalue weighted by atomic mass is 10.0.